The fourth-order valence-electron chi connectivity index (χ4n) is 1.69. The van der Waals surface area contributed by atoms with Crippen LogP contribution in [0.3, 0.4) is 0 Å². The lowest BCUT2D eigenvalue weighted by atomic mass is 10.1. The summed E-state index contributed by atoms with van der Waals surface area (Å²) in [6.07, 6.45) is 0.0301. The number of nitrogens with two attached hydrogens (primary N) is 1. The molecule has 0 bridgehead atoms. The van der Waals surface area contributed by atoms with E-state index in [-0.39, 0.29) is 5.91 Å². The molecule has 86 valence electrons. The Morgan fingerprint density at radius 3 is 3.00 bits per heavy atom. The zero-order valence-electron chi connectivity index (χ0n) is 8.92. The van der Waals surface area contributed by atoms with Crippen LogP contribution in [0.1, 0.15) is 12.0 Å². The number of benzene rings is 1. The van der Waals surface area contributed by atoms with Crippen LogP contribution in [0.5, 0.6) is 5.75 Å². The highest BCUT2D eigenvalue weighted by atomic mass is 79.9. The van der Waals surface area contributed by atoms with E-state index >= 15 is 0 Å². The van der Waals surface area contributed by atoms with E-state index in [9.17, 15) is 4.79 Å². The topological polar surface area (TPSA) is 64.4 Å². The van der Waals surface area contributed by atoms with Gasteiger partial charge in [-0.2, -0.15) is 0 Å². The van der Waals surface area contributed by atoms with Crippen LogP contribution >= 0.6 is 15.9 Å². The minimum atomic E-state index is -0.489. The Kier molecular flexibility index (Phi) is 3.16. The van der Waals surface area contributed by atoms with Crippen LogP contribution in [0.15, 0.2) is 16.6 Å². The molecule has 0 aromatic heterocycles. The van der Waals surface area contributed by atoms with Gasteiger partial charge in [0.05, 0.1) is 10.2 Å². The van der Waals surface area contributed by atoms with Gasteiger partial charge >= 0.3 is 0 Å². The molecule has 4 nitrogen and oxygen atoms in total. The molecule has 0 saturated carbocycles. The lowest BCUT2D eigenvalue weighted by Gasteiger charge is -2.26. The molecule has 1 aliphatic heterocycles. The minimum Gasteiger partial charge on any atom is -0.477 e. The van der Waals surface area contributed by atoms with Crippen LogP contribution in [0.25, 0.3) is 0 Å². The van der Waals surface area contributed by atoms with E-state index in [0.717, 1.165) is 10.0 Å². The summed E-state index contributed by atoms with van der Waals surface area (Å²) in [4.78, 5) is 11.7. The number of nitrogens with one attached hydrogen (secondary N) is 1. The molecule has 1 amide bonds. The zero-order chi connectivity index (χ0) is 11.7. The quantitative estimate of drug-likeness (QED) is 0.871. The van der Waals surface area contributed by atoms with E-state index in [1.165, 1.54) is 0 Å². The molecule has 0 radical (unpaired) electrons. The highest BCUT2D eigenvalue weighted by molar-refractivity contribution is 9.10. The van der Waals surface area contributed by atoms with E-state index in [4.69, 9.17) is 10.5 Å². The number of hydrogen-bond donors (Lipinski definition) is 2. The highest BCUT2D eigenvalue weighted by Crippen LogP contribution is 2.38. The number of anilines is 1. The van der Waals surface area contributed by atoms with Crippen molar-refractivity contribution in [2.45, 2.75) is 19.4 Å². The van der Waals surface area contributed by atoms with Gasteiger partial charge in [-0.05, 0) is 47.1 Å². The first kappa shape index (κ1) is 11.4. The largest absolute Gasteiger partial charge is 0.477 e. The first-order chi connectivity index (χ1) is 7.61. The molecule has 2 rings (SSSR count). The number of amides is 1. The van der Waals surface area contributed by atoms with Crippen molar-refractivity contribution in [2.75, 3.05) is 11.9 Å². The zero-order valence-corrected chi connectivity index (χ0v) is 10.5. The van der Waals surface area contributed by atoms with Crippen LogP contribution in [0.4, 0.5) is 5.69 Å². The van der Waals surface area contributed by atoms with Gasteiger partial charge in [0.25, 0.3) is 5.91 Å². The smallest absolute Gasteiger partial charge is 0.265 e. The van der Waals surface area contributed by atoms with Crippen LogP contribution in [0.2, 0.25) is 0 Å². The third-order valence-corrected chi connectivity index (χ3v) is 3.02. The predicted octanol–water partition coefficient (Wildman–Crippen LogP) is 1.81. The van der Waals surface area contributed by atoms with Crippen molar-refractivity contribution in [1.29, 1.82) is 0 Å². The molecule has 0 aliphatic carbocycles. The van der Waals surface area contributed by atoms with Gasteiger partial charge in [-0.25, -0.2) is 0 Å². The summed E-state index contributed by atoms with van der Waals surface area (Å²) in [7, 11) is 0. The maximum Gasteiger partial charge on any atom is 0.265 e. The lowest BCUT2D eigenvalue weighted by molar-refractivity contribution is -0.123. The Hall–Kier alpha value is -1.07. The number of fused-ring (bicyclic) bond motifs is 1. The van der Waals surface area contributed by atoms with Crippen LogP contribution < -0.4 is 15.8 Å². The fourth-order valence-corrected chi connectivity index (χ4v) is 2.36. The van der Waals surface area contributed by atoms with Gasteiger partial charge in [-0.15, -0.1) is 0 Å². The minimum absolute atomic E-state index is 0.129. The monoisotopic (exact) mass is 284 g/mol. The fraction of sp³-hybridized carbons (Fsp3) is 0.364. The van der Waals surface area contributed by atoms with Gasteiger partial charge < -0.3 is 15.8 Å². The molecule has 1 aromatic carbocycles. The summed E-state index contributed by atoms with van der Waals surface area (Å²) in [5, 5.41) is 2.83. The van der Waals surface area contributed by atoms with Gasteiger partial charge in [-0.3, -0.25) is 4.79 Å². The summed E-state index contributed by atoms with van der Waals surface area (Å²) in [6.45, 7) is 2.39. The number of hydrogen-bond acceptors (Lipinski definition) is 3. The molecule has 3 N–H and O–H groups in total. The molecule has 1 heterocycles. The van der Waals surface area contributed by atoms with Crippen LogP contribution in [-0.2, 0) is 4.79 Å². The third-order valence-electron chi connectivity index (χ3n) is 2.43. The van der Waals surface area contributed by atoms with Crippen molar-refractivity contribution < 1.29 is 9.53 Å². The van der Waals surface area contributed by atoms with Crippen molar-refractivity contribution >= 4 is 27.5 Å². The summed E-state index contributed by atoms with van der Waals surface area (Å²) in [5.74, 6) is 0.555. The first-order valence-electron chi connectivity index (χ1n) is 5.09. The second-order valence-corrected chi connectivity index (χ2v) is 4.65. The normalized spacial score (nSPS) is 18.7. The molecule has 16 heavy (non-hydrogen) atoms. The van der Waals surface area contributed by atoms with E-state index in [2.05, 4.69) is 21.2 Å². The maximum atomic E-state index is 11.7. The third kappa shape index (κ3) is 2.05. The highest BCUT2D eigenvalue weighted by Gasteiger charge is 2.28. The molecule has 5 heteroatoms. The van der Waals surface area contributed by atoms with Crippen molar-refractivity contribution in [3.63, 3.8) is 0 Å². The first-order valence-corrected chi connectivity index (χ1v) is 5.89. The summed E-state index contributed by atoms with van der Waals surface area (Å²) in [5.41, 5.74) is 7.21. The Bertz CT molecular complexity index is 434. The van der Waals surface area contributed by atoms with Crippen molar-refractivity contribution in [1.82, 2.24) is 0 Å². The van der Waals surface area contributed by atoms with Crippen LogP contribution in [0, 0.1) is 6.92 Å². The number of aryl methyl sites for hydroxylation is 1. The van der Waals surface area contributed by atoms with Gasteiger partial charge in [0.15, 0.2) is 11.9 Å². The van der Waals surface area contributed by atoms with Gasteiger partial charge in [0.1, 0.15) is 0 Å². The molecule has 1 aliphatic rings. The Morgan fingerprint density at radius 2 is 2.31 bits per heavy atom. The standard InChI is InChI=1S/C11H13BrN2O2/c1-6-4-7(12)10-8(5-6)14-11(15)9(16-10)2-3-13/h4-5,9H,2-3,13H2,1H3,(H,14,15). The van der Waals surface area contributed by atoms with Gasteiger partial charge in [0, 0.05) is 6.42 Å². The molecule has 0 fully saturated rings. The number of halogens is 1. The molecular weight excluding hydrogens is 272 g/mol. The van der Waals surface area contributed by atoms with Gasteiger partial charge in [0.2, 0.25) is 0 Å². The van der Waals surface area contributed by atoms with E-state index in [1.807, 2.05) is 19.1 Å². The van der Waals surface area contributed by atoms with Gasteiger partial charge in [-0.1, -0.05) is 0 Å². The second kappa shape index (κ2) is 4.43. The number of ether oxygens (including phenoxy) is 1. The molecule has 0 saturated heterocycles. The molecule has 1 atom stereocenters. The summed E-state index contributed by atoms with van der Waals surface area (Å²) in [6, 6.07) is 3.84. The average molecular weight is 285 g/mol. The number of carbonyl (C=O) groups is 1. The summed E-state index contributed by atoms with van der Waals surface area (Å²) < 4.78 is 6.48. The predicted molar refractivity (Wildman–Crippen MR) is 65.6 cm³/mol. The van der Waals surface area contributed by atoms with Crippen molar-refractivity contribution in [3.8, 4) is 5.75 Å². The molecule has 1 unspecified atom stereocenters. The number of carbonyl (C=O) groups excluding carboxylic acids is 1. The molecule has 0 spiro atoms. The van der Waals surface area contributed by atoms with Crippen molar-refractivity contribution in [3.05, 3.63) is 22.2 Å². The SMILES string of the molecule is Cc1cc(Br)c2c(c1)NC(=O)C(CCN)O2. The second-order valence-electron chi connectivity index (χ2n) is 3.80. The maximum absolute atomic E-state index is 11.7. The van der Waals surface area contributed by atoms with E-state index in [0.29, 0.717) is 24.4 Å². The average Bonchev–Trinajstić information content (AvgIpc) is 2.20. The van der Waals surface area contributed by atoms with E-state index < -0.39 is 6.10 Å². The Balaban J connectivity index is 2.35. The van der Waals surface area contributed by atoms with Crippen LogP contribution in [-0.4, -0.2) is 18.6 Å². The molecule has 1 aromatic rings. The molecular formula is C11H13BrN2O2. The Labute approximate surface area is 102 Å². The lowest BCUT2D eigenvalue weighted by Crippen LogP contribution is -2.38. The van der Waals surface area contributed by atoms with Crippen molar-refractivity contribution in [2.24, 2.45) is 5.73 Å². The number of rotatable bonds is 2. The summed E-state index contributed by atoms with van der Waals surface area (Å²) >= 11 is 3.42. The van der Waals surface area contributed by atoms with E-state index in [1.54, 1.807) is 0 Å². The Morgan fingerprint density at radius 1 is 1.56 bits per heavy atom.